The first-order chi connectivity index (χ1) is 5.20. The molecule has 0 fully saturated rings. The van der Waals surface area contributed by atoms with Crippen LogP contribution in [-0.2, 0) is 30.7 Å². The van der Waals surface area contributed by atoms with Gasteiger partial charge in [-0.3, -0.25) is 4.79 Å². The Balaban J connectivity index is 0. The normalized spacial score (nSPS) is 10.8. The first kappa shape index (κ1) is 15.7. The number of aromatic amines is 1. The number of nitrogens with zero attached hydrogens (tertiary/aromatic N) is 1. The van der Waals surface area contributed by atoms with Crippen LogP contribution in [0.5, 0.6) is 0 Å². The standard InChI is InChI=1S/C6H9N3O2.Na.Zn/c7-5(6(10)11)1-4-2-8-3-9-4;;/h2-3,5H,1,7H2,(H,8,9)(H,10,11);;/t5-;;/m0../s1. The van der Waals surface area contributed by atoms with Crippen molar-refractivity contribution in [3.05, 3.63) is 18.2 Å². The Morgan fingerprint density at radius 2 is 2.38 bits per heavy atom. The van der Waals surface area contributed by atoms with Gasteiger partial charge in [0.15, 0.2) is 0 Å². The maximum absolute atomic E-state index is 10.3. The number of H-pyrrole nitrogens is 1. The summed E-state index contributed by atoms with van der Waals surface area (Å²) in [6, 6.07) is -0.863. The van der Waals surface area contributed by atoms with Crippen molar-refractivity contribution < 1.29 is 29.4 Å². The predicted octanol–water partition coefficient (Wildman–Crippen LogP) is -1.02. The third-order valence-electron chi connectivity index (χ3n) is 1.30. The summed E-state index contributed by atoms with van der Waals surface area (Å²) >= 11 is 0. The smallest absolute Gasteiger partial charge is 0.320 e. The Morgan fingerprint density at radius 3 is 2.77 bits per heavy atom. The van der Waals surface area contributed by atoms with Crippen molar-refractivity contribution in [1.82, 2.24) is 9.97 Å². The van der Waals surface area contributed by atoms with Gasteiger partial charge in [-0.25, -0.2) is 4.98 Å². The van der Waals surface area contributed by atoms with Gasteiger partial charge in [0.25, 0.3) is 0 Å². The number of carboxylic acids is 1. The molecule has 1 aromatic rings. The van der Waals surface area contributed by atoms with Crippen LogP contribution in [0.25, 0.3) is 0 Å². The van der Waals surface area contributed by atoms with E-state index in [4.69, 9.17) is 10.8 Å². The number of hydrogen-bond acceptors (Lipinski definition) is 3. The van der Waals surface area contributed by atoms with E-state index in [1.165, 1.54) is 6.33 Å². The average molecular weight is 244 g/mol. The van der Waals surface area contributed by atoms with Gasteiger partial charge in [-0.2, -0.15) is 0 Å². The number of hydrogen-bond donors (Lipinski definition) is 3. The van der Waals surface area contributed by atoms with Crippen molar-refractivity contribution in [2.75, 3.05) is 0 Å². The van der Waals surface area contributed by atoms with Gasteiger partial charge >= 0.3 is 5.97 Å². The van der Waals surface area contributed by atoms with E-state index in [0.29, 0.717) is 5.69 Å². The second-order valence-corrected chi connectivity index (χ2v) is 2.21. The minimum absolute atomic E-state index is 0. The van der Waals surface area contributed by atoms with Crippen LogP contribution in [0.4, 0.5) is 0 Å². The number of nitrogens with one attached hydrogen (secondary N) is 1. The fourth-order valence-corrected chi connectivity index (χ4v) is 0.715. The monoisotopic (exact) mass is 242 g/mol. The van der Waals surface area contributed by atoms with Crippen LogP contribution in [0.15, 0.2) is 12.5 Å². The number of rotatable bonds is 3. The van der Waals surface area contributed by atoms with Crippen molar-refractivity contribution in [1.29, 1.82) is 0 Å². The average Bonchev–Trinajstić information content (AvgIpc) is 2.39. The second kappa shape index (κ2) is 7.65. The topological polar surface area (TPSA) is 92.0 Å². The van der Waals surface area contributed by atoms with Gasteiger partial charge in [0, 0.05) is 61.7 Å². The van der Waals surface area contributed by atoms with E-state index in [2.05, 4.69) is 9.97 Å². The molecule has 1 rings (SSSR count). The molecule has 1 radical (unpaired) electrons. The first-order valence-corrected chi connectivity index (χ1v) is 3.16. The molecule has 0 aromatic carbocycles. The number of aliphatic carboxylic acids is 1. The minimum atomic E-state index is -1.01. The summed E-state index contributed by atoms with van der Waals surface area (Å²) in [5, 5.41) is 8.42. The predicted molar refractivity (Wildman–Crippen MR) is 43.7 cm³/mol. The summed E-state index contributed by atoms with van der Waals surface area (Å²) in [6.45, 7) is 0. The van der Waals surface area contributed by atoms with Gasteiger partial charge in [0.05, 0.1) is 12.0 Å². The molecule has 0 aliphatic rings. The molecule has 13 heavy (non-hydrogen) atoms. The van der Waals surface area contributed by atoms with E-state index in [1.54, 1.807) is 6.20 Å². The van der Waals surface area contributed by atoms with Gasteiger partial charge in [-0.05, 0) is 0 Å². The fraction of sp³-hybridized carbons (Fsp3) is 0.333. The molecular weight excluding hydrogens is 234 g/mol. The Bertz CT molecular complexity index is 242. The summed E-state index contributed by atoms with van der Waals surface area (Å²) in [6.07, 6.45) is 3.38. The number of carbonyl (C=O) groups is 1. The summed E-state index contributed by atoms with van der Waals surface area (Å²) in [5.74, 6) is -1.01. The van der Waals surface area contributed by atoms with E-state index in [0.717, 1.165) is 0 Å². The van der Waals surface area contributed by atoms with Gasteiger partial charge in [0.1, 0.15) is 6.04 Å². The van der Waals surface area contributed by atoms with E-state index < -0.39 is 12.0 Å². The Kier molecular flexibility index (Phi) is 9.25. The first-order valence-electron chi connectivity index (χ1n) is 3.16. The van der Waals surface area contributed by atoms with E-state index in [1.807, 2.05) is 0 Å². The van der Waals surface area contributed by atoms with Crippen molar-refractivity contribution in [2.45, 2.75) is 12.5 Å². The fourth-order valence-electron chi connectivity index (χ4n) is 0.715. The third kappa shape index (κ3) is 5.54. The van der Waals surface area contributed by atoms with Crippen molar-refractivity contribution in [2.24, 2.45) is 5.73 Å². The molecule has 0 amide bonds. The number of nitrogens with two attached hydrogens (primary N) is 1. The zero-order valence-electron chi connectivity index (χ0n) is 7.53. The summed E-state index contributed by atoms with van der Waals surface area (Å²) in [4.78, 5) is 16.8. The number of aromatic nitrogens is 2. The van der Waals surface area contributed by atoms with Crippen molar-refractivity contribution in [3.8, 4) is 0 Å². The zero-order valence-corrected chi connectivity index (χ0v) is 12.5. The van der Waals surface area contributed by atoms with Crippen LogP contribution in [0.2, 0.25) is 0 Å². The molecule has 0 saturated carbocycles. The molecule has 0 unspecified atom stereocenters. The van der Waals surface area contributed by atoms with Crippen LogP contribution in [0.1, 0.15) is 5.69 Å². The second-order valence-electron chi connectivity index (χ2n) is 2.21. The molecule has 63 valence electrons. The summed E-state index contributed by atoms with van der Waals surface area (Å²) < 4.78 is 0. The molecule has 1 atom stereocenters. The largest absolute Gasteiger partial charge is 0.480 e. The van der Waals surface area contributed by atoms with E-state index in [-0.39, 0.29) is 55.5 Å². The minimum Gasteiger partial charge on any atom is -0.480 e. The molecule has 0 aliphatic carbocycles. The van der Waals surface area contributed by atoms with Crippen LogP contribution in [0.3, 0.4) is 0 Å². The molecule has 1 heterocycles. The van der Waals surface area contributed by atoms with Crippen LogP contribution >= 0.6 is 0 Å². The molecule has 0 aliphatic heterocycles. The molecule has 5 nitrogen and oxygen atoms in total. The Hall–Kier alpha value is 0.263. The van der Waals surface area contributed by atoms with Crippen LogP contribution in [0, 0.1) is 0 Å². The quantitative estimate of drug-likeness (QED) is 0.593. The van der Waals surface area contributed by atoms with E-state index >= 15 is 0 Å². The Labute approximate surface area is 111 Å². The van der Waals surface area contributed by atoms with Gasteiger partial charge in [-0.15, -0.1) is 0 Å². The van der Waals surface area contributed by atoms with Crippen LogP contribution < -0.4 is 5.73 Å². The molecule has 1 aromatic heterocycles. The van der Waals surface area contributed by atoms with Crippen LogP contribution in [-0.4, -0.2) is 56.6 Å². The molecule has 0 bridgehead atoms. The summed E-state index contributed by atoms with van der Waals surface area (Å²) in [7, 11) is 0. The molecular formula is C6H9N3NaO2Zn. The van der Waals surface area contributed by atoms with Crippen molar-refractivity contribution in [3.63, 3.8) is 0 Å². The third-order valence-corrected chi connectivity index (χ3v) is 1.30. The molecule has 4 N–H and O–H groups in total. The molecule has 0 spiro atoms. The maximum atomic E-state index is 10.3. The maximum Gasteiger partial charge on any atom is 0.320 e. The van der Waals surface area contributed by atoms with Gasteiger partial charge in [0.2, 0.25) is 0 Å². The van der Waals surface area contributed by atoms with E-state index in [9.17, 15) is 4.79 Å². The zero-order chi connectivity index (χ0) is 8.27. The molecule has 0 saturated heterocycles. The van der Waals surface area contributed by atoms with Gasteiger partial charge in [-0.1, -0.05) is 0 Å². The van der Waals surface area contributed by atoms with Crippen molar-refractivity contribution >= 4 is 35.5 Å². The van der Waals surface area contributed by atoms with Gasteiger partial charge < -0.3 is 15.8 Å². The molecule has 7 heteroatoms. The number of imidazole rings is 1. The number of carboxylic acid groups (broad SMARTS) is 1. The summed E-state index contributed by atoms with van der Waals surface area (Å²) in [5.41, 5.74) is 5.92. The SMILES string of the molecule is N[C@@H](Cc1c[nH]cn1)C(=O)O.[Na].[Zn]. The Morgan fingerprint density at radius 1 is 1.77 bits per heavy atom.